The molecule has 1 unspecified atom stereocenters. The maximum absolute atomic E-state index is 12.9. The summed E-state index contributed by atoms with van der Waals surface area (Å²) in [6.45, 7) is 2.59. The first kappa shape index (κ1) is 14.4. The fourth-order valence-corrected chi connectivity index (χ4v) is 1.49. The Labute approximate surface area is 105 Å². The molecule has 1 aromatic rings. The minimum Gasteiger partial charge on any atom is -0.478 e. The van der Waals surface area contributed by atoms with Gasteiger partial charge in [-0.15, -0.1) is 0 Å². The zero-order chi connectivity index (χ0) is 13.5. The van der Waals surface area contributed by atoms with E-state index in [2.05, 4.69) is 10.3 Å². The van der Waals surface area contributed by atoms with Crippen LogP contribution < -0.4 is 5.32 Å². The number of aliphatic hydroxyl groups excluding tert-OH is 1. The van der Waals surface area contributed by atoms with Crippen LogP contribution in [0.3, 0.4) is 0 Å². The van der Waals surface area contributed by atoms with Gasteiger partial charge in [-0.1, -0.05) is 6.92 Å². The van der Waals surface area contributed by atoms with E-state index in [1.165, 1.54) is 0 Å². The number of aromatic carboxylic acids is 1. The number of halogens is 1. The van der Waals surface area contributed by atoms with Crippen LogP contribution in [0.2, 0.25) is 0 Å². The highest BCUT2D eigenvalue weighted by Gasteiger charge is 2.12. The van der Waals surface area contributed by atoms with Gasteiger partial charge in [0.05, 0.1) is 6.20 Å². The molecule has 0 aliphatic carbocycles. The lowest BCUT2D eigenvalue weighted by Gasteiger charge is -2.10. The van der Waals surface area contributed by atoms with Crippen molar-refractivity contribution in [2.45, 2.75) is 19.8 Å². The number of nitrogens with zero attached hydrogens (tertiary/aromatic N) is 1. The van der Waals surface area contributed by atoms with Gasteiger partial charge in [0.25, 0.3) is 0 Å². The van der Waals surface area contributed by atoms with E-state index in [4.69, 9.17) is 10.2 Å². The van der Waals surface area contributed by atoms with Gasteiger partial charge in [0.1, 0.15) is 17.2 Å². The zero-order valence-corrected chi connectivity index (χ0v) is 10.2. The van der Waals surface area contributed by atoms with Gasteiger partial charge >= 0.3 is 5.97 Å². The SMILES string of the molecule is CC(CO)CCCNc1ncc(F)cc1C(=O)O. The van der Waals surface area contributed by atoms with Gasteiger partial charge in [-0.3, -0.25) is 0 Å². The van der Waals surface area contributed by atoms with E-state index in [9.17, 15) is 9.18 Å². The molecule has 100 valence electrons. The summed E-state index contributed by atoms with van der Waals surface area (Å²) in [5.41, 5.74) is -0.176. The quantitative estimate of drug-likeness (QED) is 0.647. The van der Waals surface area contributed by atoms with Crippen molar-refractivity contribution in [2.24, 2.45) is 5.92 Å². The first-order valence-corrected chi connectivity index (χ1v) is 5.78. The molecule has 5 nitrogen and oxygen atoms in total. The number of aliphatic hydroxyl groups is 1. The third kappa shape index (κ3) is 4.29. The van der Waals surface area contributed by atoms with Gasteiger partial charge in [0, 0.05) is 13.2 Å². The smallest absolute Gasteiger partial charge is 0.339 e. The van der Waals surface area contributed by atoms with Crippen LogP contribution in [0, 0.1) is 11.7 Å². The summed E-state index contributed by atoms with van der Waals surface area (Å²) in [6, 6.07) is 0.939. The molecule has 18 heavy (non-hydrogen) atoms. The molecular formula is C12H17FN2O3. The topological polar surface area (TPSA) is 82.5 Å². The summed E-state index contributed by atoms with van der Waals surface area (Å²) < 4.78 is 12.9. The third-order valence-electron chi connectivity index (χ3n) is 2.56. The normalized spacial score (nSPS) is 12.2. The Morgan fingerprint density at radius 2 is 2.33 bits per heavy atom. The molecule has 1 aromatic heterocycles. The number of hydrogen-bond donors (Lipinski definition) is 3. The molecule has 1 atom stereocenters. The van der Waals surface area contributed by atoms with Crippen molar-refractivity contribution in [3.8, 4) is 0 Å². The Bertz CT molecular complexity index is 412. The fraction of sp³-hybridized carbons (Fsp3) is 0.500. The van der Waals surface area contributed by atoms with Crippen molar-refractivity contribution in [2.75, 3.05) is 18.5 Å². The first-order valence-electron chi connectivity index (χ1n) is 5.78. The van der Waals surface area contributed by atoms with Crippen molar-refractivity contribution in [1.29, 1.82) is 0 Å². The average molecular weight is 256 g/mol. The van der Waals surface area contributed by atoms with E-state index in [1.54, 1.807) is 0 Å². The molecule has 0 fully saturated rings. The van der Waals surface area contributed by atoms with Crippen LogP contribution in [-0.2, 0) is 0 Å². The second-order valence-electron chi connectivity index (χ2n) is 4.21. The van der Waals surface area contributed by atoms with Crippen LogP contribution in [0.1, 0.15) is 30.1 Å². The summed E-state index contributed by atoms with van der Waals surface area (Å²) in [5, 5.41) is 20.6. The molecule has 0 saturated heterocycles. The summed E-state index contributed by atoms with van der Waals surface area (Å²) in [4.78, 5) is 14.6. The molecule has 0 saturated carbocycles. The molecule has 0 aliphatic rings. The lowest BCUT2D eigenvalue weighted by Crippen LogP contribution is -2.11. The van der Waals surface area contributed by atoms with Gasteiger partial charge in [0.2, 0.25) is 0 Å². The van der Waals surface area contributed by atoms with Gasteiger partial charge in [-0.25, -0.2) is 14.2 Å². The highest BCUT2D eigenvalue weighted by atomic mass is 19.1. The molecule has 0 bridgehead atoms. The minimum absolute atomic E-state index is 0.134. The molecule has 1 rings (SSSR count). The Balaban J connectivity index is 2.54. The van der Waals surface area contributed by atoms with Gasteiger partial charge in [0.15, 0.2) is 0 Å². The van der Waals surface area contributed by atoms with Crippen LogP contribution in [-0.4, -0.2) is 34.3 Å². The van der Waals surface area contributed by atoms with E-state index in [1.807, 2.05) is 6.92 Å². The van der Waals surface area contributed by atoms with Crippen LogP contribution in [0.4, 0.5) is 10.2 Å². The number of carboxylic acids is 1. The molecule has 1 heterocycles. The van der Waals surface area contributed by atoms with Crippen molar-refractivity contribution < 1.29 is 19.4 Å². The number of hydrogen-bond acceptors (Lipinski definition) is 4. The Morgan fingerprint density at radius 3 is 2.94 bits per heavy atom. The molecule has 0 aromatic carbocycles. The molecule has 0 aliphatic heterocycles. The van der Waals surface area contributed by atoms with Crippen LogP contribution in [0.5, 0.6) is 0 Å². The Hall–Kier alpha value is -1.69. The number of nitrogens with one attached hydrogen (secondary N) is 1. The van der Waals surface area contributed by atoms with E-state index in [-0.39, 0.29) is 23.9 Å². The van der Waals surface area contributed by atoms with Gasteiger partial charge in [-0.05, 0) is 24.8 Å². The van der Waals surface area contributed by atoms with Crippen LogP contribution in [0.15, 0.2) is 12.3 Å². The summed E-state index contributed by atoms with van der Waals surface area (Å²) >= 11 is 0. The number of aromatic nitrogens is 1. The molecule has 0 spiro atoms. The second kappa shape index (κ2) is 6.90. The summed E-state index contributed by atoms with van der Waals surface area (Å²) in [7, 11) is 0. The van der Waals surface area contributed by atoms with E-state index in [0.717, 1.165) is 25.1 Å². The highest BCUT2D eigenvalue weighted by molar-refractivity contribution is 5.93. The third-order valence-corrected chi connectivity index (χ3v) is 2.56. The van der Waals surface area contributed by atoms with E-state index in [0.29, 0.717) is 6.54 Å². The largest absolute Gasteiger partial charge is 0.478 e. The molecule has 0 amide bonds. The fourth-order valence-electron chi connectivity index (χ4n) is 1.49. The van der Waals surface area contributed by atoms with Crippen molar-refractivity contribution >= 4 is 11.8 Å². The number of carboxylic acid groups (broad SMARTS) is 1. The Morgan fingerprint density at radius 1 is 1.61 bits per heavy atom. The summed E-state index contributed by atoms with van der Waals surface area (Å²) in [5.74, 6) is -1.51. The van der Waals surface area contributed by atoms with Crippen LogP contribution in [0.25, 0.3) is 0 Å². The van der Waals surface area contributed by atoms with Crippen LogP contribution >= 0.6 is 0 Å². The molecule has 3 N–H and O–H groups in total. The molecular weight excluding hydrogens is 239 g/mol. The zero-order valence-electron chi connectivity index (χ0n) is 10.2. The second-order valence-corrected chi connectivity index (χ2v) is 4.21. The minimum atomic E-state index is -1.21. The van der Waals surface area contributed by atoms with Gasteiger partial charge < -0.3 is 15.5 Å². The predicted octanol–water partition coefficient (Wildman–Crippen LogP) is 1.74. The maximum atomic E-state index is 12.9. The number of carbonyl (C=O) groups is 1. The average Bonchev–Trinajstić information content (AvgIpc) is 2.35. The van der Waals surface area contributed by atoms with Gasteiger partial charge in [-0.2, -0.15) is 0 Å². The predicted molar refractivity (Wildman–Crippen MR) is 65.1 cm³/mol. The molecule has 0 radical (unpaired) electrons. The first-order chi connectivity index (χ1) is 8.54. The number of pyridine rings is 1. The molecule has 6 heteroatoms. The van der Waals surface area contributed by atoms with E-state index < -0.39 is 11.8 Å². The lowest BCUT2D eigenvalue weighted by atomic mass is 10.1. The van der Waals surface area contributed by atoms with Crippen molar-refractivity contribution in [3.05, 3.63) is 23.6 Å². The number of anilines is 1. The standard InChI is InChI=1S/C12H17FN2O3/c1-8(7-16)3-2-4-14-11-10(12(17)18)5-9(13)6-15-11/h5-6,8,16H,2-4,7H2,1H3,(H,14,15)(H,17,18). The highest BCUT2D eigenvalue weighted by Crippen LogP contribution is 2.14. The van der Waals surface area contributed by atoms with E-state index >= 15 is 0 Å². The maximum Gasteiger partial charge on any atom is 0.339 e. The van der Waals surface area contributed by atoms with Crippen molar-refractivity contribution in [3.63, 3.8) is 0 Å². The number of rotatable bonds is 7. The Kier molecular flexibility index (Phi) is 5.51. The van der Waals surface area contributed by atoms with Crippen molar-refractivity contribution in [1.82, 2.24) is 4.98 Å². The summed E-state index contributed by atoms with van der Waals surface area (Å²) in [6.07, 6.45) is 2.58. The lowest BCUT2D eigenvalue weighted by molar-refractivity contribution is 0.0697. The monoisotopic (exact) mass is 256 g/mol.